The first-order valence-corrected chi connectivity index (χ1v) is 10.1. The third-order valence-corrected chi connectivity index (χ3v) is 4.49. The molecule has 0 spiro atoms. The fourth-order valence-electron chi connectivity index (χ4n) is 2.57. The van der Waals surface area contributed by atoms with Crippen molar-refractivity contribution in [2.24, 2.45) is 10.7 Å². The van der Waals surface area contributed by atoms with Crippen LogP contribution in [0.25, 0.3) is 0 Å². The Morgan fingerprint density at radius 1 is 1.19 bits per heavy atom. The monoisotopic (exact) mass is 388 g/mol. The zero-order valence-corrected chi connectivity index (χ0v) is 16.4. The molecule has 2 rings (SSSR count). The Labute approximate surface area is 163 Å². The number of halogens is 1. The number of rotatable bonds is 8. The van der Waals surface area contributed by atoms with Gasteiger partial charge in [0.2, 0.25) is 5.91 Å². The van der Waals surface area contributed by atoms with E-state index in [4.69, 9.17) is 5.73 Å². The van der Waals surface area contributed by atoms with Gasteiger partial charge >= 0.3 is 0 Å². The van der Waals surface area contributed by atoms with Crippen molar-refractivity contribution in [1.82, 2.24) is 10.6 Å². The summed E-state index contributed by atoms with van der Waals surface area (Å²) >= 11 is 1.66. The van der Waals surface area contributed by atoms with Gasteiger partial charge in [0.1, 0.15) is 5.82 Å². The summed E-state index contributed by atoms with van der Waals surface area (Å²) in [6, 6.07) is 12.0. The van der Waals surface area contributed by atoms with E-state index in [9.17, 15) is 9.18 Å². The molecule has 0 heterocycles. The van der Waals surface area contributed by atoms with E-state index in [1.54, 1.807) is 42.1 Å². The van der Waals surface area contributed by atoms with Crippen LogP contribution in [0.1, 0.15) is 34.0 Å². The topological polar surface area (TPSA) is 79.5 Å². The minimum absolute atomic E-state index is 0.224. The summed E-state index contributed by atoms with van der Waals surface area (Å²) in [6.45, 7) is 3.66. The number of aliphatic imine (C=N–C) groups is 1. The van der Waals surface area contributed by atoms with Gasteiger partial charge in [-0.05, 0) is 54.1 Å². The maximum atomic E-state index is 13.5. The summed E-state index contributed by atoms with van der Waals surface area (Å²) < 4.78 is 13.5. The van der Waals surface area contributed by atoms with Gasteiger partial charge in [-0.25, -0.2) is 9.38 Å². The average Bonchev–Trinajstić information content (AvgIpc) is 2.65. The summed E-state index contributed by atoms with van der Waals surface area (Å²) in [5.74, 6) is 0.727. The second-order valence-corrected chi connectivity index (χ2v) is 6.83. The van der Waals surface area contributed by atoms with Crippen LogP contribution in [0.15, 0.2) is 47.5 Å². The van der Waals surface area contributed by atoms with Crippen molar-refractivity contribution < 1.29 is 9.18 Å². The lowest BCUT2D eigenvalue weighted by Gasteiger charge is -2.14. The maximum absolute atomic E-state index is 13.5. The summed E-state index contributed by atoms with van der Waals surface area (Å²) in [5.41, 5.74) is 8.69. The molecule has 4 N–H and O–H groups in total. The molecule has 27 heavy (non-hydrogen) atoms. The lowest BCUT2D eigenvalue weighted by atomic mass is 10.1. The number of hydrogen-bond acceptors (Lipinski definition) is 3. The summed E-state index contributed by atoms with van der Waals surface area (Å²) in [6.07, 6.45) is 1.99. The first-order valence-electron chi connectivity index (χ1n) is 8.70. The lowest BCUT2D eigenvalue weighted by Crippen LogP contribution is -2.37. The number of nitrogens with two attached hydrogens (primary N) is 1. The fourth-order valence-corrected chi connectivity index (χ4v) is 3.15. The Kier molecular flexibility index (Phi) is 8.13. The van der Waals surface area contributed by atoms with Crippen molar-refractivity contribution in [1.29, 1.82) is 0 Å². The van der Waals surface area contributed by atoms with Crippen molar-refractivity contribution >= 4 is 23.6 Å². The van der Waals surface area contributed by atoms with E-state index in [2.05, 4.69) is 15.6 Å². The van der Waals surface area contributed by atoms with Gasteiger partial charge in [0.05, 0.1) is 6.54 Å². The van der Waals surface area contributed by atoms with Crippen molar-refractivity contribution in [2.45, 2.75) is 25.8 Å². The van der Waals surface area contributed by atoms with Crippen LogP contribution in [0.4, 0.5) is 4.39 Å². The lowest BCUT2D eigenvalue weighted by molar-refractivity contribution is 0.1000. The van der Waals surface area contributed by atoms with Crippen molar-refractivity contribution in [3.8, 4) is 0 Å². The maximum Gasteiger partial charge on any atom is 0.248 e. The largest absolute Gasteiger partial charge is 0.366 e. The molecule has 5 nitrogen and oxygen atoms in total. The third kappa shape index (κ3) is 6.60. The highest BCUT2D eigenvalue weighted by Crippen LogP contribution is 2.16. The standard InChI is InChI=1S/C20H25FN4OS/c1-3-23-20(24-11-14-5-4-6-15(9-14)19(22)26)25-12-16-7-8-18(21)10-17(16)13-27-2/h4-10H,3,11-13H2,1-2H3,(H2,22,26)(H2,23,24,25). The summed E-state index contributed by atoms with van der Waals surface area (Å²) in [5, 5.41) is 6.47. The van der Waals surface area contributed by atoms with Gasteiger partial charge < -0.3 is 16.4 Å². The second-order valence-electron chi connectivity index (χ2n) is 5.96. The molecule has 2 aromatic rings. The van der Waals surface area contributed by atoms with Crippen molar-refractivity contribution in [3.63, 3.8) is 0 Å². The first-order chi connectivity index (χ1) is 13.0. The molecule has 2 aromatic carbocycles. The van der Waals surface area contributed by atoms with Gasteiger partial charge in [-0.2, -0.15) is 11.8 Å². The smallest absolute Gasteiger partial charge is 0.248 e. The molecule has 0 bridgehead atoms. The molecule has 144 valence electrons. The van der Waals surface area contributed by atoms with Gasteiger partial charge in [-0.1, -0.05) is 18.2 Å². The molecule has 0 saturated carbocycles. The van der Waals surface area contributed by atoms with Crippen LogP contribution in [0.2, 0.25) is 0 Å². The Hall–Kier alpha value is -2.54. The SMILES string of the molecule is CCNC(=NCc1cccc(C(N)=O)c1)NCc1ccc(F)cc1CSC. The van der Waals surface area contributed by atoms with Crippen LogP contribution >= 0.6 is 11.8 Å². The molecule has 0 fully saturated rings. The van der Waals surface area contributed by atoms with Crippen LogP contribution in [0.3, 0.4) is 0 Å². The van der Waals surface area contributed by atoms with E-state index < -0.39 is 5.91 Å². The Balaban J connectivity index is 2.08. The zero-order chi connectivity index (χ0) is 19.6. The summed E-state index contributed by atoms with van der Waals surface area (Å²) in [7, 11) is 0. The molecule has 0 radical (unpaired) electrons. The number of nitrogens with one attached hydrogen (secondary N) is 2. The highest BCUT2D eigenvalue weighted by molar-refractivity contribution is 7.97. The van der Waals surface area contributed by atoms with Crippen molar-refractivity contribution in [3.05, 3.63) is 70.5 Å². The number of nitrogens with zero attached hydrogens (tertiary/aromatic N) is 1. The van der Waals surface area contributed by atoms with Crippen LogP contribution in [-0.4, -0.2) is 24.7 Å². The van der Waals surface area contributed by atoms with Crippen molar-refractivity contribution in [2.75, 3.05) is 12.8 Å². The molecule has 0 aromatic heterocycles. The molecular formula is C20H25FN4OS. The van der Waals surface area contributed by atoms with Gasteiger partial charge in [0.15, 0.2) is 5.96 Å². The van der Waals surface area contributed by atoms with Gasteiger partial charge in [-0.15, -0.1) is 0 Å². The number of amides is 1. The molecule has 0 aliphatic heterocycles. The highest BCUT2D eigenvalue weighted by atomic mass is 32.2. The molecule has 7 heteroatoms. The Bertz CT molecular complexity index is 810. The number of benzene rings is 2. The average molecular weight is 389 g/mol. The quantitative estimate of drug-likeness (QED) is 0.480. The number of thioether (sulfide) groups is 1. The van der Waals surface area contributed by atoms with Gasteiger partial charge in [0.25, 0.3) is 0 Å². The number of guanidine groups is 1. The van der Waals surface area contributed by atoms with E-state index in [-0.39, 0.29) is 5.82 Å². The van der Waals surface area contributed by atoms with Crippen LogP contribution in [0, 0.1) is 5.82 Å². The van der Waals surface area contributed by atoms with E-state index in [0.717, 1.165) is 22.4 Å². The minimum Gasteiger partial charge on any atom is -0.366 e. The van der Waals surface area contributed by atoms with Gasteiger partial charge in [-0.3, -0.25) is 4.79 Å². The van der Waals surface area contributed by atoms with E-state index in [1.165, 1.54) is 6.07 Å². The molecule has 0 aliphatic rings. The first kappa shape index (κ1) is 20.8. The van der Waals surface area contributed by atoms with Gasteiger partial charge in [0, 0.05) is 24.4 Å². The number of hydrogen-bond donors (Lipinski definition) is 3. The third-order valence-electron chi connectivity index (χ3n) is 3.89. The predicted molar refractivity (Wildman–Crippen MR) is 110 cm³/mol. The molecule has 0 unspecified atom stereocenters. The molecule has 0 atom stereocenters. The van der Waals surface area contributed by atoms with E-state index in [1.807, 2.05) is 19.2 Å². The molecule has 1 amide bonds. The van der Waals surface area contributed by atoms with E-state index >= 15 is 0 Å². The normalized spacial score (nSPS) is 11.3. The predicted octanol–water partition coefficient (Wildman–Crippen LogP) is 3.04. The Morgan fingerprint density at radius 2 is 2.00 bits per heavy atom. The summed E-state index contributed by atoms with van der Waals surface area (Å²) in [4.78, 5) is 15.9. The number of carbonyl (C=O) groups excluding carboxylic acids is 1. The van der Waals surface area contributed by atoms with Crippen LogP contribution < -0.4 is 16.4 Å². The molecule has 0 aliphatic carbocycles. The Morgan fingerprint density at radius 3 is 2.70 bits per heavy atom. The zero-order valence-electron chi connectivity index (χ0n) is 15.6. The van der Waals surface area contributed by atoms with Crippen LogP contribution in [0.5, 0.6) is 0 Å². The second kappa shape index (κ2) is 10.6. The van der Waals surface area contributed by atoms with E-state index in [0.29, 0.717) is 31.2 Å². The molecule has 0 saturated heterocycles. The molecular weight excluding hydrogens is 363 g/mol. The highest BCUT2D eigenvalue weighted by Gasteiger charge is 2.06. The van der Waals surface area contributed by atoms with Crippen LogP contribution in [-0.2, 0) is 18.8 Å². The number of primary amides is 1. The minimum atomic E-state index is -0.455. The fraction of sp³-hybridized carbons (Fsp3) is 0.300. The number of carbonyl (C=O) groups is 1.